The van der Waals surface area contributed by atoms with E-state index in [1.165, 1.54) is 11.6 Å². The zero-order valence-electron chi connectivity index (χ0n) is 13.6. The first-order valence-corrected chi connectivity index (χ1v) is 8.62. The molecule has 1 saturated heterocycles. The molecule has 132 valence electrons. The van der Waals surface area contributed by atoms with E-state index in [9.17, 15) is 13.2 Å². The smallest absolute Gasteiger partial charge is 0.349 e. The highest BCUT2D eigenvalue weighted by atomic mass is 32.1. The molecule has 0 radical (unpaired) electrons. The van der Waals surface area contributed by atoms with Crippen molar-refractivity contribution in [3.63, 3.8) is 0 Å². The molecule has 3 rings (SSSR count). The summed E-state index contributed by atoms with van der Waals surface area (Å²) in [5.41, 5.74) is 1.02. The minimum atomic E-state index is -4.35. The second kappa shape index (κ2) is 7.44. The maximum absolute atomic E-state index is 12.8. The van der Waals surface area contributed by atoms with Crippen molar-refractivity contribution in [2.75, 3.05) is 18.4 Å². The third-order valence-electron chi connectivity index (χ3n) is 4.49. The Kier molecular flexibility index (Phi) is 5.27. The first kappa shape index (κ1) is 17.7. The Hall–Kier alpha value is -2.08. The molecule has 0 atom stereocenters. The molecular formula is C19H19F3N2S. The van der Waals surface area contributed by atoms with Crippen molar-refractivity contribution in [1.82, 2.24) is 4.90 Å². The number of anilines is 1. The summed E-state index contributed by atoms with van der Waals surface area (Å²) in [5.74, 6) is 0.508. The van der Waals surface area contributed by atoms with Crippen molar-refractivity contribution in [2.24, 2.45) is 0 Å². The molecule has 6 heteroatoms. The van der Waals surface area contributed by atoms with Gasteiger partial charge in [0.1, 0.15) is 0 Å². The average Bonchev–Trinajstić information content (AvgIpc) is 2.62. The lowest BCUT2D eigenvalue weighted by molar-refractivity contribution is -0.137. The molecule has 0 aromatic heterocycles. The zero-order chi connectivity index (χ0) is 17.9. The summed E-state index contributed by atoms with van der Waals surface area (Å²) in [6.07, 6.45) is -2.39. The van der Waals surface area contributed by atoms with Crippen LogP contribution in [-0.4, -0.2) is 23.1 Å². The number of nitrogens with one attached hydrogen (secondary N) is 1. The number of alkyl halides is 3. The third-order valence-corrected chi connectivity index (χ3v) is 4.85. The highest BCUT2D eigenvalue weighted by molar-refractivity contribution is 7.80. The van der Waals surface area contributed by atoms with Crippen molar-refractivity contribution in [3.05, 3.63) is 65.7 Å². The molecule has 1 N–H and O–H groups in total. The molecule has 0 saturated carbocycles. The molecule has 25 heavy (non-hydrogen) atoms. The van der Waals surface area contributed by atoms with Gasteiger partial charge in [0.25, 0.3) is 0 Å². The van der Waals surface area contributed by atoms with Crippen LogP contribution in [0.25, 0.3) is 0 Å². The Balaban J connectivity index is 1.58. The minimum Gasteiger partial charge on any atom is -0.349 e. The van der Waals surface area contributed by atoms with Gasteiger partial charge in [-0.05, 0) is 54.7 Å². The van der Waals surface area contributed by atoms with E-state index in [2.05, 4.69) is 17.4 Å². The van der Waals surface area contributed by atoms with Crippen molar-refractivity contribution >= 4 is 23.0 Å². The molecule has 0 amide bonds. The van der Waals surface area contributed by atoms with Gasteiger partial charge in [0.15, 0.2) is 5.11 Å². The fourth-order valence-corrected chi connectivity index (χ4v) is 3.42. The number of benzene rings is 2. The quantitative estimate of drug-likeness (QED) is 0.730. The molecule has 0 spiro atoms. The molecule has 1 aliphatic heterocycles. The average molecular weight is 364 g/mol. The number of likely N-dealkylation sites (tertiary alicyclic amines) is 1. The molecular weight excluding hydrogens is 345 g/mol. The van der Waals surface area contributed by atoms with Crippen LogP contribution in [0.3, 0.4) is 0 Å². The van der Waals surface area contributed by atoms with Crippen LogP contribution in [0.4, 0.5) is 18.9 Å². The van der Waals surface area contributed by atoms with Gasteiger partial charge >= 0.3 is 6.18 Å². The van der Waals surface area contributed by atoms with Crippen LogP contribution >= 0.6 is 12.2 Å². The van der Waals surface area contributed by atoms with Crippen molar-refractivity contribution < 1.29 is 13.2 Å². The van der Waals surface area contributed by atoms with Crippen LogP contribution in [-0.2, 0) is 6.18 Å². The number of thiocarbonyl (C=S) groups is 1. The fourth-order valence-electron chi connectivity index (χ4n) is 3.12. The Morgan fingerprint density at radius 2 is 1.68 bits per heavy atom. The zero-order valence-corrected chi connectivity index (χ0v) is 14.4. The van der Waals surface area contributed by atoms with E-state index in [0.29, 0.717) is 16.7 Å². The van der Waals surface area contributed by atoms with Gasteiger partial charge in [0.2, 0.25) is 0 Å². The number of rotatable bonds is 2. The summed E-state index contributed by atoms with van der Waals surface area (Å²) in [6.45, 7) is 1.59. The van der Waals surface area contributed by atoms with Gasteiger partial charge in [0.05, 0.1) is 5.56 Å². The maximum Gasteiger partial charge on any atom is 0.416 e. The molecule has 2 aromatic rings. The minimum absolute atomic E-state index is 0.366. The van der Waals surface area contributed by atoms with Gasteiger partial charge in [-0.1, -0.05) is 36.4 Å². The Morgan fingerprint density at radius 3 is 2.32 bits per heavy atom. The Labute approximate surface area is 150 Å². The number of hydrogen-bond donors (Lipinski definition) is 1. The van der Waals surface area contributed by atoms with Gasteiger partial charge in [-0.2, -0.15) is 13.2 Å². The van der Waals surface area contributed by atoms with Crippen molar-refractivity contribution in [3.8, 4) is 0 Å². The topological polar surface area (TPSA) is 15.3 Å². The largest absolute Gasteiger partial charge is 0.416 e. The fraction of sp³-hybridized carbons (Fsp3) is 0.316. The maximum atomic E-state index is 12.8. The standard InChI is InChI=1S/C19H19F3N2S/c20-19(21,22)16-7-4-8-17(13-16)23-18(25)24-11-9-15(10-12-24)14-5-2-1-3-6-14/h1-8,13,15H,9-12H2,(H,23,25). The Morgan fingerprint density at radius 1 is 1.00 bits per heavy atom. The molecule has 2 nitrogen and oxygen atoms in total. The third kappa shape index (κ3) is 4.51. The van der Waals surface area contributed by atoms with Gasteiger partial charge in [0, 0.05) is 18.8 Å². The highest BCUT2D eigenvalue weighted by Crippen LogP contribution is 2.31. The van der Waals surface area contributed by atoms with Crippen LogP contribution in [0.15, 0.2) is 54.6 Å². The first-order valence-electron chi connectivity index (χ1n) is 8.21. The number of hydrogen-bond acceptors (Lipinski definition) is 1. The molecule has 1 aliphatic rings. The molecule has 1 fully saturated rings. The van der Waals surface area contributed by atoms with Crippen molar-refractivity contribution in [1.29, 1.82) is 0 Å². The van der Waals surface area contributed by atoms with Gasteiger partial charge in [-0.15, -0.1) is 0 Å². The van der Waals surface area contributed by atoms with Crippen LogP contribution in [0.1, 0.15) is 29.9 Å². The van der Waals surface area contributed by atoms with E-state index in [1.807, 2.05) is 23.1 Å². The summed E-state index contributed by atoms with van der Waals surface area (Å²) in [4.78, 5) is 2.02. The lowest BCUT2D eigenvalue weighted by Crippen LogP contribution is -2.40. The summed E-state index contributed by atoms with van der Waals surface area (Å²) in [6, 6.07) is 15.5. The summed E-state index contributed by atoms with van der Waals surface area (Å²) >= 11 is 5.38. The van der Waals surface area contributed by atoms with Gasteiger partial charge < -0.3 is 10.2 Å². The van der Waals surface area contributed by atoms with Crippen LogP contribution in [0.5, 0.6) is 0 Å². The van der Waals surface area contributed by atoms with Crippen LogP contribution in [0.2, 0.25) is 0 Å². The Bertz CT molecular complexity index is 723. The van der Waals surface area contributed by atoms with Crippen LogP contribution < -0.4 is 5.32 Å². The monoisotopic (exact) mass is 364 g/mol. The van der Waals surface area contributed by atoms with E-state index in [1.54, 1.807) is 6.07 Å². The second-order valence-electron chi connectivity index (χ2n) is 6.18. The number of nitrogens with zero attached hydrogens (tertiary/aromatic N) is 1. The van der Waals surface area contributed by atoms with E-state index in [0.717, 1.165) is 38.1 Å². The second-order valence-corrected chi connectivity index (χ2v) is 6.57. The molecule has 0 aliphatic carbocycles. The van der Waals surface area contributed by atoms with E-state index >= 15 is 0 Å². The van der Waals surface area contributed by atoms with Crippen LogP contribution in [0, 0.1) is 0 Å². The van der Waals surface area contributed by atoms with Gasteiger partial charge in [-0.3, -0.25) is 0 Å². The summed E-state index contributed by atoms with van der Waals surface area (Å²) in [7, 11) is 0. The molecule has 2 aromatic carbocycles. The lowest BCUT2D eigenvalue weighted by Gasteiger charge is -2.34. The number of halogens is 3. The first-order chi connectivity index (χ1) is 11.9. The summed E-state index contributed by atoms with van der Waals surface area (Å²) < 4.78 is 38.4. The molecule has 1 heterocycles. The van der Waals surface area contributed by atoms with E-state index < -0.39 is 11.7 Å². The highest BCUT2D eigenvalue weighted by Gasteiger charge is 2.30. The van der Waals surface area contributed by atoms with Gasteiger partial charge in [-0.25, -0.2) is 0 Å². The normalized spacial score (nSPS) is 15.9. The van der Waals surface area contributed by atoms with Crippen molar-refractivity contribution in [2.45, 2.75) is 24.9 Å². The predicted molar refractivity (Wildman–Crippen MR) is 97.7 cm³/mol. The SMILES string of the molecule is FC(F)(F)c1cccc(NC(=S)N2CCC(c3ccccc3)CC2)c1. The lowest BCUT2D eigenvalue weighted by atomic mass is 9.90. The number of piperidine rings is 1. The van der Waals surface area contributed by atoms with E-state index in [-0.39, 0.29) is 0 Å². The molecule has 0 unspecified atom stereocenters. The molecule has 0 bridgehead atoms. The predicted octanol–water partition coefficient (Wildman–Crippen LogP) is 5.28. The van der Waals surface area contributed by atoms with E-state index in [4.69, 9.17) is 12.2 Å². The summed E-state index contributed by atoms with van der Waals surface area (Å²) in [5, 5.41) is 3.41.